The Kier molecular flexibility index (Phi) is 6.05. The van der Waals surface area contributed by atoms with E-state index in [1.165, 1.54) is 49.2 Å². The number of thioether (sulfide) groups is 1. The van der Waals surface area contributed by atoms with Crippen LogP contribution in [0.25, 0.3) is 0 Å². The number of halogens is 2. The second-order valence-corrected chi connectivity index (χ2v) is 8.83. The topological polar surface area (TPSA) is 75.7 Å². The smallest absolute Gasteiger partial charge is 0.326 e. The number of nitrogens with one attached hydrogen (secondary N) is 1. The van der Waals surface area contributed by atoms with E-state index in [0.717, 1.165) is 17.0 Å². The first-order valence-corrected chi connectivity index (χ1v) is 11.5. The second-order valence-electron chi connectivity index (χ2n) is 7.84. The summed E-state index contributed by atoms with van der Waals surface area (Å²) in [7, 11) is 1.22. The maximum Gasteiger partial charge on any atom is 0.326 e. The van der Waals surface area contributed by atoms with Crippen LogP contribution in [0.2, 0.25) is 0 Å². The largest absolute Gasteiger partial charge is 0.468 e. The van der Waals surface area contributed by atoms with Crippen LogP contribution < -0.4 is 10.2 Å². The van der Waals surface area contributed by atoms with E-state index in [1.807, 2.05) is 6.26 Å². The number of nitrogens with zero attached hydrogens (tertiary/aromatic N) is 1. The molecule has 0 aromatic heterocycles. The zero-order valence-corrected chi connectivity index (χ0v) is 18.3. The molecule has 32 heavy (non-hydrogen) atoms. The SMILES string of the molecule is COC(=O)[C@@]1(CCSC)N[C@@H](c2ccccc2F)[C@H]2C(=O)N(c3ccc(F)cc3)C(=O)[C@H]21. The lowest BCUT2D eigenvalue weighted by Crippen LogP contribution is -2.56. The Morgan fingerprint density at radius 1 is 1.12 bits per heavy atom. The highest BCUT2D eigenvalue weighted by Gasteiger charge is 2.68. The van der Waals surface area contributed by atoms with E-state index >= 15 is 0 Å². The number of methoxy groups -OCH3 is 1. The first kappa shape index (κ1) is 22.4. The van der Waals surface area contributed by atoms with Crippen molar-refractivity contribution in [3.63, 3.8) is 0 Å². The van der Waals surface area contributed by atoms with Crippen molar-refractivity contribution in [2.45, 2.75) is 18.0 Å². The lowest BCUT2D eigenvalue weighted by atomic mass is 9.78. The third kappa shape index (κ3) is 3.40. The summed E-state index contributed by atoms with van der Waals surface area (Å²) in [5.74, 6) is -4.51. The number of carbonyl (C=O) groups is 3. The Morgan fingerprint density at radius 3 is 2.44 bits per heavy atom. The van der Waals surface area contributed by atoms with Crippen molar-refractivity contribution < 1.29 is 27.9 Å². The maximum atomic E-state index is 14.8. The highest BCUT2D eigenvalue weighted by Crippen LogP contribution is 2.51. The summed E-state index contributed by atoms with van der Waals surface area (Å²) < 4.78 is 33.3. The molecule has 0 bridgehead atoms. The third-order valence-electron chi connectivity index (χ3n) is 6.23. The van der Waals surface area contributed by atoms with Gasteiger partial charge in [-0.05, 0) is 48.8 Å². The summed E-state index contributed by atoms with van der Waals surface area (Å²) in [6.45, 7) is 0. The molecule has 0 unspecified atom stereocenters. The van der Waals surface area contributed by atoms with E-state index in [4.69, 9.17) is 4.74 Å². The van der Waals surface area contributed by atoms with Gasteiger partial charge < -0.3 is 4.74 Å². The first-order valence-electron chi connectivity index (χ1n) is 10.1. The van der Waals surface area contributed by atoms with E-state index < -0.39 is 52.8 Å². The number of rotatable bonds is 6. The molecule has 0 aliphatic carbocycles. The molecular weight excluding hydrogens is 438 g/mol. The average molecular weight is 461 g/mol. The molecule has 1 N–H and O–H groups in total. The third-order valence-corrected chi connectivity index (χ3v) is 6.84. The van der Waals surface area contributed by atoms with E-state index in [-0.39, 0.29) is 17.7 Å². The summed E-state index contributed by atoms with van der Waals surface area (Å²) in [5.41, 5.74) is -1.11. The molecule has 2 heterocycles. The number of amides is 2. The molecule has 2 saturated heterocycles. The fourth-order valence-corrected chi connectivity index (χ4v) is 5.33. The van der Waals surface area contributed by atoms with Crippen molar-refractivity contribution in [2.24, 2.45) is 11.8 Å². The Morgan fingerprint density at radius 2 is 1.81 bits per heavy atom. The number of carbonyl (C=O) groups excluding carboxylic acids is 3. The number of ether oxygens (including phenoxy) is 1. The van der Waals surface area contributed by atoms with Crippen molar-refractivity contribution >= 4 is 35.2 Å². The average Bonchev–Trinajstić information content (AvgIpc) is 3.27. The van der Waals surface area contributed by atoms with E-state index in [2.05, 4.69) is 5.32 Å². The summed E-state index contributed by atoms with van der Waals surface area (Å²) >= 11 is 1.48. The second kappa shape index (κ2) is 8.63. The Bertz CT molecular complexity index is 1060. The summed E-state index contributed by atoms with van der Waals surface area (Å²) in [6, 6.07) is 10.0. The predicted octanol–water partition coefficient (Wildman–Crippen LogP) is 3.08. The van der Waals surface area contributed by atoms with Gasteiger partial charge in [0.05, 0.1) is 24.6 Å². The fourth-order valence-electron chi connectivity index (χ4n) is 4.81. The maximum absolute atomic E-state index is 14.8. The number of esters is 1. The van der Waals surface area contributed by atoms with Gasteiger partial charge >= 0.3 is 5.97 Å². The molecule has 0 saturated carbocycles. The van der Waals surface area contributed by atoms with Gasteiger partial charge in [-0.3, -0.25) is 19.7 Å². The molecule has 2 fully saturated rings. The molecule has 6 nitrogen and oxygen atoms in total. The van der Waals surface area contributed by atoms with Crippen LogP contribution in [0, 0.1) is 23.5 Å². The molecule has 0 radical (unpaired) electrons. The lowest BCUT2D eigenvalue weighted by Gasteiger charge is -2.32. The molecule has 4 rings (SSSR count). The highest BCUT2D eigenvalue weighted by atomic mass is 32.2. The van der Waals surface area contributed by atoms with Crippen molar-refractivity contribution in [1.29, 1.82) is 0 Å². The van der Waals surface area contributed by atoms with Crippen LogP contribution in [0.4, 0.5) is 14.5 Å². The lowest BCUT2D eigenvalue weighted by molar-refractivity contribution is -0.152. The van der Waals surface area contributed by atoms with Crippen LogP contribution in [0.1, 0.15) is 18.0 Å². The minimum absolute atomic E-state index is 0.194. The van der Waals surface area contributed by atoms with E-state index in [1.54, 1.807) is 6.07 Å². The Balaban J connectivity index is 1.87. The van der Waals surface area contributed by atoms with Gasteiger partial charge in [0.2, 0.25) is 11.8 Å². The molecular formula is C23H22F2N2O4S. The molecule has 2 amide bonds. The van der Waals surface area contributed by atoms with Crippen molar-refractivity contribution in [1.82, 2.24) is 5.32 Å². The molecule has 168 valence electrons. The summed E-state index contributed by atoms with van der Waals surface area (Å²) in [4.78, 5) is 41.2. The van der Waals surface area contributed by atoms with Gasteiger partial charge in [-0.1, -0.05) is 18.2 Å². The van der Waals surface area contributed by atoms with Crippen molar-refractivity contribution in [3.05, 3.63) is 65.7 Å². The van der Waals surface area contributed by atoms with E-state index in [0.29, 0.717) is 5.75 Å². The predicted molar refractivity (Wildman–Crippen MR) is 116 cm³/mol. The van der Waals surface area contributed by atoms with Crippen LogP contribution in [0.3, 0.4) is 0 Å². The zero-order valence-electron chi connectivity index (χ0n) is 17.5. The van der Waals surface area contributed by atoms with Gasteiger partial charge in [0.25, 0.3) is 0 Å². The number of hydrogen-bond donors (Lipinski definition) is 1. The van der Waals surface area contributed by atoms with Gasteiger partial charge in [-0.15, -0.1) is 0 Å². The molecule has 9 heteroatoms. The molecule has 2 aliphatic heterocycles. The molecule has 4 atom stereocenters. The fraction of sp³-hybridized carbons (Fsp3) is 0.348. The number of fused-ring (bicyclic) bond motifs is 1. The summed E-state index contributed by atoms with van der Waals surface area (Å²) in [5, 5.41) is 3.13. The number of imide groups is 1. The van der Waals surface area contributed by atoms with Crippen molar-refractivity contribution in [3.8, 4) is 0 Å². The normalized spacial score (nSPS) is 27.0. The van der Waals surface area contributed by atoms with Gasteiger partial charge in [0, 0.05) is 11.6 Å². The van der Waals surface area contributed by atoms with E-state index in [9.17, 15) is 23.2 Å². The highest BCUT2D eigenvalue weighted by molar-refractivity contribution is 7.98. The van der Waals surface area contributed by atoms with Gasteiger partial charge in [-0.2, -0.15) is 11.8 Å². The Hall–Kier alpha value is -2.78. The molecule has 2 aliphatic rings. The standard InChI is InChI=1S/C23H22F2N2O4S/c1-31-22(30)23(11-12-32-2)18-17(19(26-23)15-5-3-4-6-16(15)25)20(28)27(21(18)29)14-9-7-13(24)8-10-14/h3-10,17-19,26H,11-12H2,1-2H3/t17-,18-,19-,23-/m0/s1. The van der Waals surface area contributed by atoms with Crippen molar-refractivity contribution in [2.75, 3.05) is 24.0 Å². The molecule has 0 spiro atoms. The van der Waals surface area contributed by atoms with Gasteiger partial charge in [-0.25, -0.2) is 13.7 Å². The number of anilines is 1. The Labute approximate surface area is 188 Å². The quantitative estimate of drug-likeness (QED) is 0.528. The zero-order chi connectivity index (χ0) is 23.0. The van der Waals surface area contributed by atoms with Gasteiger partial charge in [0.15, 0.2) is 0 Å². The van der Waals surface area contributed by atoms with Crippen LogP contribution in [-0.4, -0.2) is 42.4 Å². The minimum atomic E-state index is -1.50. The molecule has 2 aromatic carbocycles. The number of benzene rings is 2. The number of hydrogen-bond acceptors (Lipinski definition) is 6. The first-order chi connectivity index (χ1) is 15.4. The van der Waals surface area contributed by atoms with Crippen LogP contribution >= 0.6 is 11.8 Å². The molecule has 2 aromatic rings. The van der Waals surface area contributed by atoms with Gasteiger partial charge in [0.1, 0.15) is 17.2 Å². The van der Waals surface area contributed by atoms with Crippen LogP contribution in [0.15, 0.2) is 48.5 Å². The van der Waals surface area contributed by atoms with Crippen LogP contribution in [0.5, 0.6) is 0 Å². The minimum Gasteiger partial charge on any atom is -0.468 e. The summed E-state index contributed by atoms with van der Waals surface area (Å²) in [6.07, 6.45) is 2.07. The van der Waals surface area contributed by atoms with Crippen LogP contribution in [-0.2, 0) is 19.1 Å². The monoisotopic (exact) mass is 460 g/mol.